The number of piperidine rings is 1. The highest BCUT2D eigenvalue weighted by atomic mass is 35.5. The van der Waals surface area contributed by atoms with Gasteiger partial charge in [0.25, 0.3) is 5.91 Å². The van der Waals surface area contributed by atoms with Gasteiger partial charge >= 0.3 is 12.1 Å². The van der Waals surface area contributed by atoms with Crippen LogP contribution >= 0.6 is 23.2 Å². The van der Waals surface area contributed by atoms with Gasteiger partial charge in [-0.05, 0) is 60.7 Å². The Morgan fingerprint density at radius 3 is 2.47 bits per heavy atom. The van der Waals surface area contributed by atoms with Crippen molar-refractivity contribution in [1.29, 1.82) is 0 Å². The third-order valence-electron chi connectivity index (χ3n) is 7.08. The van der Waals surface area contributed by atoms with Crippen molar-refractivity contribution in [3.05, 3.63) is 68.3 Å². The minimum atomic E-state index is -4.46. The fourth-order valence-corrected chi connectivity index (χ4v) is 5.55. The fraction of sp³-hybridized carbons (Fsp3) is 0.385. The zero-order valence-corrected chi connectivity index (χ0v) is 21.4. The molecule has 0 unspecified atom stereocenters. The number of hydrogen-bond donors (Lipinski definition) is 1. The highest BCUT2D eigenvalue weighted by Gasteiger charge is 2.34. The lowest BCUT2D eigenvalue weighted by atomic mass is 9.86. The average molecular weight is 541 g/mol. The second-order valence-corrected chi connectivity index (χ2v) is 10.2. The van der Waals surface area contributed by atoms with E-state index in [0.29, 0.717) is 52.3 Å². The molecule has 10 heteroatoms. The van der Waals surface area contributed by atoms with Crippen LogP contribution in [0.15, 0.2) is 30.3 Å². The van der Waals surface area contributed by atoms with Crippen LogP contribution in [0.1, 0.15) is 46.1 Å². The Labute approximate surface area is 216 Å². The maximum Gasteiger partial charge on any atom is 0.416 e. The first-order chi connectivity index (χ1) is 16.8. The molecule has 0 spiro atoms. The Hall–Kier alpha value is -2.71. The second-order valence-electron chi connectivity index (χ2n) is 9.44. The SMILES string of the molecule is Cc1cc(C(F)(F)F)cc2c1cc(Cc1c(Cl)ccc(C(=O)N3CC[C@H](C(=O)O)[C@H](C)C3)c1Cl)n2C. The summed E-state index contributed by atoms with van der Waals surface area (Å²) in [7, 11) is 1.68. The first-order valence-corrected chi connectivity index (χ1v) is 12.2. The lowest BCUT2D eigenvalue weighted by Gasteiger charge is -2.35. The zero-order valence-electron chi connectivity index (χ0n) is 19.9. The smallest absolute Gasteiger partial charge is 0.416 e. The number of carbonyl (C=O) groups excluding carboxylic acids is 1. The summed E-state index contributed by atoms with van der Waals surface area (Å²) in [4.78, 5) is 26.3. The summed E-state index contributed by atoms with van der Waals surface area (Å²) in [6.07, 6.45) is -3.89. The van der Waals surface area contributed by atoms with Gasteiger partial charge in [-0.15, -0.1) is 0 Å². The highest BCUT2D eigenvalue weighted by molar-refractivity contribution is 6.38. The summed E-state index contributed by atoms with van der Waals surface area (Å²) in [6, 6.07) is 7.19. The molecule has 36 heavy (non-hydrogen) atoms. The van der Waals surface area contributed by atoms with Gasteiger partial charge in [0.1, 0.15) is 0 Å². The molecule has 1 amide bonds. The molecule has 1 N–H and O–H groups in total. The first kappa shape index (κ1) is 26.4. The Kier molecular flexibility index (Phi) is 7.05. The third kappa shape index (κ3) is 4.81. The number of nitrogens with zero attached hydrogens (tertiary/aromatic N) is 2. The van der Waals surface area contributed by atoms with Gasteiger partial charge in [-0.2, -0.15) is 13.2 Å². The number of amides is 1. The maximum absolute atomic E-state index is 13.3. The number of likely N-dealkylation sites (tertiary alicyclic amines) is 1. The fourth-order valence-electron chi connectivity index (χ4n) is 4.97. The molecule has 1 aliphatic rings. The van der Waals surface area contributed by atoms with Crippen LogP contribution < -0.4 is 0 Å². The maximum atomic E-state index is 13.3. The number of carboxylic acid groups (broad SMARTS) is 1. The molecule has 5 nitrogen and oxygen atoms in total. The minimum absolute atomic E-state index is 0.179. The second kappa shape index (κ2) is 9.63. The van der Waals surface area contributed by atoms with E-state index in [1.54, 1.807) is 42.5 Å². The number of aliphatic carboxylic acids is 1. The molecule has 1 aromatic heterocycles. The van der Waals surface area contributed by atoms with Crippen LogP contribution in [-0.4, -0.2) is 39.5 Å². The molecule has 1 saturated heterocycles. The summed E-state index contributed by atoms with van der Waals surface area (Å²) in [5.41, 5.74) is 1.67. The van der Waals surface area contributed by atoms with Gasteiger partial charge in [0, 0.05) is 48.2 Å². The van der Waals surface area contributed by atoms with Crippen molar-refractivity contribution in [3.63, 3.8) is 0 Å². The van der Waals surface area contributed by atoms with Gasteiger partial charge in [-0.25, -0.2) is 0 Å². The normalized spacial score (nSPS) is 18.6. The van der Waals surface area contributed by atoms with E-state index in [0.717, 1.165) is 12.1 Å². The Morgan fingerprint density at radius 1 is 1.17 bits per heavy atom. The van der Waals surface area contributed by atoms with Crippen LogP contribution in [0.3, 0.4) is 0 Å². The Balaban J connectivity index is 1.67. The van der Waals surface area contributed by atoms with Gasteiger partial charge in [-0.1, -0.05) is 30.1 Å². The molecule has 192 valence electrons. The highest BCUT2D eigenvalue weighted by Crippen LogP contribution is 2.36. The van der Waals surface area contributed by atoms with E-state index in [9.17, 15) is 27.9 Å². The van der Waals surface area contributed by atoms with E-state index in [1.165, 1.54) is 0 Å². The van der Waals surface area contributed by atoms with Crippen molar-refractivity contribution in [1.82, 2.24) is 9.47 Å². The summed E-state index contributed by atoms with van der Waals surface area (Å²) in [6.45, 7) is 4.04. The molecule has 0 radical (unpaired) electrons. The molecule has 0 bridgehead atoms. The van der Waals surface area contributed by atoms with Crippen molar-refractivity contribution in [2.75, 3.05) is 13.1 Å². The summed E-state index contributed by atoms with van der Waals surface area (Å²) in [5.74, 6) is -1.88. The number of aromatic nitrogens is 1. The van der Waals surface area contributed by atoms with Crippen LogP contribution in [-0.2, 0) is 24.4 Å². The number of alkyl halides is 3. The molecule has 2 heterocycles. The van der Waals surface area contributed by atoms with Crippen molar-refractivity contribution < 1.29 is 27.9 Å². The van der Waals surface area contributed by atoms with Crippen molar-refractivity contribution in [2.45, 2.75) is 32.9 Å². The number of fused-ring (bicyclic) bond motifs is 1. The molecule has 0 saturated carbocycles. The van der Waals surface area contributed by atoms with Crippen LogP contribution in [0.4, 0.5) is 13.2 Å². The first-order valence-electron chi connectivity index (χ1n) is 11.4. The Morgan fingerprint density at radius 2 is 1.86 bits per heavy atom. The van der Waals surface area contributed by atoms with E-state index in [2.05, 4.69) is 0 Å². The number of halogens is 5. The van der Waals surface area contributed by atoms with Gasteiger partial charge in [0.05, 0.1) is 22.1 Å². The number of hydrogen-bond acceptors (Lipinski definition) is 2. The van der Waals surface area contributed by atoms with Crippen LogP contribution in [0.25, 0.3) is 10.9 Å². The van der Waals surface area contributed by atoms with Crippen LogP contribution in [0.5, 0.6) is 0 Å². The van der Waals surface area contributed by atoms with Crippen LogP contribution in [0, 0.1) is 18.8 Å². The largest absolute Gasteiger partial charge is 0.481 e. The van der Waals surface area contributed by atoms with E-state index < -0.39 is 23.6 Å². The van der Waals surface area contributed by atoms with Crippen molar-refractivity contribution >= 4 is 46.0 Å². The number of carboxylic acids is 1. The number of carbonyl (C=O) groups is 2. The topological polar surface area (TPSA) is 62.5 Å². The molecular weight excluding hydrogens is 516 g/mol. The lowest BCUT2D eigenvalue weighted by Crippen LogP contribution is -2.45. The molecule has 0 aliphatic carbocycles. The predicted octanol–water partition coefficient (Wildman–Crippen LogP) is 6.59. The van der Waals surface area contributed by atoms with Crippen molar-refractivity contribution in [2.24, 2.45) is 18.9 Å². The van der Waals surface area contributed by atoms with Crippen LogP contribution in [0.2, 0.25) is 10.0 Å². The number of aryl methyl sites for hydroxylation is 2. The molecule has 3 aromatic rings. The zero-order chi connectivity index (χ0) is 26.5. The van der Waals surface area contributed by atoms with E-state index in [1.807, 2.05) is 6.07 Å². The average Bonchev–Trinajstić information content (AvgIpc) is 3.11. The van der Waals surface area contributed by atoms with E-state index >= 15 is 0 Å². The molecule has 1 fully saturated rings. The Bertz CT molecular complexity index is 1370. The molecular formula is C26H25Cl2F3N2O3. The molecule has 1 aliphatic heterocycles. The number of rotatable bonds is 4. The minimum Gasteiger partial charge on any atom is -0.481 e. The third-order valence-corrected chi connectivity index (χ3v) is 7.87. The van der Waals surface area contributed by atoms with Gasteiger partial charge in [-0.3, -0.25) is 9.59 Å². The van der Waals surface area contributed by atoms with Gasteiger partial charge < -0.3 is 14.6 Å². The quantitative estimate of drug-likeness (QED) is 0.406. The van der Waals surface area contributed by atoms with Crippen molar-refractivity contribution in [3.8, 4) is 0 Å². The van der Waals surface area contributed by atoms with E-state index in [4.69, 9.17) is 23.2 Å². The monoisotopic (exact) mass is 540 g/mol. The molecule has 2 aromatic carbocycles. The van der Waals surface area contributed by atoms with Gasteiger partial charge in [0.15, 0.2) is 0 Å². The molecule has 2 atom stereocenters. The van der Waals surface area contributed by atoms with E-state index in [-0.39, 0.29) is 28.8 Å². The standard InChI is InChI=1S/C26H25Cl2F3N2O3/c1-13-8-15(26(29,30)31)9-22-19(13)10-16(32(22)3)11-20-21(27)5-4-18(23(20)28)24(34)33-7-6-17(25(35)36)14(2)12-33/h4-5,8-10,14,17H,6-7,11-12H2,1-3H3,(H,35,36)/t14-,17+/m1/s1. The predicted molar refractivity (Wildman–Crippen MR) is 133 cm³/mol. The number of benzene rings is 2. The summed E-state index contributed by atoms with van der Waals surface area (Å²) >= 11 is 13.1. The summed E-state index contributed by atoms with van der Waals surface area (Å²) in [5, 5.41) is 10.6. The lowest BCUT2D eigenvalue weighted by molar-refractivity contribution is -0.145. The summed E-state index contributed by atoms with van der Waals surface area (Å²) < 4.78 is 41.7. The van der Waals surface area contributed by atoms with Gasteiger partial charge in [0.2, 0.25) is 0 Å². The molecule has 4 rings (SSSR count).